The minimum absolute atomic E-state index is 0.990. The van der Waals surface area contributed by atoms with Gasteiger partial charge in [0.2, 0.25) is 0 Å². The summed E-state index contributed by atoms with van der Waals surface area (Å²) in [7, 11) is 2.09. The molecule has 0 saturated carbocycles. The van der Waals surface area contributed by atoms with Gasteiger partial charge in [0.15, 0.2) is 0 Å². The highest BCUT2D eigenvalue weighted by Crippen LogP contribution is 2.36. The number of hydrogen-bond acceptors (Lipinski definition) is 2. The average Bonchev–Trinajstić information content (AvgIpc) is 2.92. The van der Waals surface area contributed by atoms with Crippen LogP contribution < -0.4 is 0 Å². The molecule has 3 nitrogen and oxygen atoms in total. The third kappa shape index (κ3) is 1.82. The Morgan fingerprint density at radius 3 is 2.68 bits per heavy atom. The van der Waals surface area contributed by atoms with E-state index < -0.39 is 0 Å². The van der Waals surface area contributed by atoms with E-state index >= 15 is 0 Å². The molecule has 108 valence electrons. The number of benzene rings is 2. The molecule has 0 amide bonds. The van der Waals surface area contributed by atoms with Crippen molar-refractivity contribution in [3.63, 3.8) is 0 Å². The summed E-state index contributed by atoms with van der Waals surface area (Å²) in [5, 5.41) is 2.31. The van der Waals surface area contributed by atoms with Crippen LogP contribution in [0.3, 0.4) is 0 Å². The summed E-state index contributed by atoms with van der Waals surface area (Å²) < 4.78 is 2.18. The summed E-state index contributed by atoms with van der Waals surface area (Å²) >= 11 is 0. The number of aryl methyl sites for hydroxylation is 3. The van der Waals surface area contributed by atoms with Gasteiger partial charge in [0.1, 0.15) is 6.33 Å². The molecule has 2 aromatic carbocycles. The van der Waals surface area contributed by atoms with E-state index in [4.69, 9.17) is 0 Å². The highest BCUT2D eigenvalue weighted by atomic mass is 14.9. The maximum absolute atomic E-state index is 4.46. The number of hydrogen-bond donors (Lipinski definition) is 0. The molecule has 0 unspecified atom stereocenters. The fourth-order valence-corrected chi connectivity index (χ4v) is 3.18. The summed E-state index contributed by atoms with van der Waals surface area (Å²) in [6.45, 7) is 4.29. The first-order valence-corrected chi connectivity index (χ1v) is 7.40. The molecule has 0 saturated heterocycles. The van der Waals surface area contributed by atoms with Crippen molar-refractivity contribution >= 4 is 21.8 Å². The molecule has 0 aliphatic rings. The van der Waals surface area contributed by atoms with Crippen LogP contribution in [0.5, 0.6) is 0 Å². The van der Waals surface area contributed by atoms with E-state index in [2.05, 4.69) is 72.0 Å². The van der Waals surface area contributed by atoms with Gasteiger partial charge in [-0.2, -0.15) is 0 Å². The zero-order valence-electron chi connectivity index (χ0n) is 13.0. The lowest BCUT2D eigenvalue weighted by Gasteiger charge is -2.12. The first-order chi connectivity index (χ1) is 10.6. The van der Waals surface area contributed by atoms with Crippen molar-refractivity contribution in [2.24, 2.45) is 7.05 Å². The number of fused-ring (bicyclic) bond motifs is 3. The molecule has 0 aliphatic carbocycles. The Labute approximate surface area is 129 Å². The molecule has 0 radical (unpaired) electrons. The van der Waals surface area contributed by atoms with Gasteiger partial charge >= 0.3 is 0 Å². The summed E-state index contributed by atoms with van der Waals surface area (Å²) in [4.78, 5) is 8.64. The second-order valence-electron chi connectivity index (χ2n) is 5.89. The molecule has 3 heteroatoms. The summed E-state index contributed by atoms with van der Waals surface area (Å²) in [6.07, 6.45) is 5.62. The SMILES string of the molecule is Cc1ccc(C)c(-c2cc3ncncc3c3ccn(C)c23)c1. The van der Waals surface area contributed by atoms with Crippen molar-refractivity contribution in [1.29, 1.82) is 0 Å². The zero-order chi connectivity index (χ0) is 15.3. The van der Waals surface area contributed by atoms with E-state index in [9.17, 15) is 0 Å². The largest absolute Gasteiger partial charge is 0.350 e. The summed E-state index contributed by atoms with van der Waals surface area (Å²) in [6, 6.07) is 10.9. The van der Waals surface area contributed by atoms with E-state index in [1.165, 1.54) is 33.2 Å². The van der Waals surface area contributed by atoms with Gasteiger partial charge in [-0.3, -0.25) is 0 Å². The Morgan fingerprint density at radius 2 is 1.82 bits per heavy atom. The Morgan fingerprint density at radius 1 is 0.955 bits per heavy atom. The molecule has 0 fully saturated rings. The molecular weight excluding hydrogens is 270 g/mol. The first kappa shape index (κ1) is 13.0. The molecule has 22 heavy (non-hydrogen) atoms. The lowest BCUT2D eigenvalue weighted by atomic mass is 9.95. The Balaban J connectivity index is 2.20. The molecule has 0 atom stereocenters. The average molecular weight is 287 g/mol. The quantitative estimate of drug-likeness (QED) is 0.519. The van der Waals surface area contributed by atoms with Gasteiger partial charge in [-0.25, -0.2) is 9.97 Å². The number of rotatable bonds is 1. The predicted octanol–water partition coefficient (Wildman–Crippen LogP) is 4.41. The highest BCUT2D eigenvalue weighted by Gasteiger charge is 2.13. The van der Waals surface area contributed by atoms with E-state index in [-0.39, 0.29) is 0 Å². The maximum atomic E-state index is 4.46. The summed E-state index contributed by atoms with van der Waals surface area (Å²) in [5.41, 5.74) is 7.27. The van der Waals surface area contributed by atoms with E-state index in [1.54, 1.807) is 6.33 Å². The molecular formula is C19H17N3. The molecule has 0 bridgehead atoms. The Hall–Kier alpha value is -2.68. The topological polar surface area (TPSA) is 30.7 Å². The standard InChI is InChI=1S/C19H17N3/c1-12-4-5-13(2)15(8-12)16-9-18-17(10-20-11-21-18)14-6-7-22(3)19(14)16/h4-11H,1-3H3. The lowest BCUT2D eigenvalue weighted by Crippen LogP contribution is -1.93. The molecule has 4 aromatic rings. The van der Waals surface area contributed by atoms with E-state index in [0.717, 1.165) is 10.9 Å². The minimum atomic E-state index is 0.990. The molecule has 2 heterocycles. The monoisotopic (exact) mass is 287 g/mol. The van der Waals surface area contributed by atoms with Crippen molar-refractivity contribution in [3.05, 3.63) is 60.2 Å². The zero-order valence-corrected chi connectivity index (χ0v) is 13.0. The third-order valence-corrected chi connectivity index (χ3v) is 4.33. The summed E-state index contributed by atoms with van der Waals surface area (Å²) in [5.74, 6) is 0. The van der Waals surface area contributed by atoms with Gasteiger partial charge < -0.3 is 4.57 Å². The second kappa shape index (κ2) is 4.67. The molecule has 2 aromatic heterocycles. The van der Waals surface area contributed by atoms with Crippen LogP contribution in [0.1, 0.15) is 11.1 Å². The number of nitrogens with zero attached hydrogens (tertiary/aromatic N) is 3. The van der Waals surface area contributed by atoms with Gasteiger partial charge in [0.05, 0.1) is 11.0 Å². The smallest absolute Gasteiger partial charge is 0.116 e. The lowest BCUT2D eigenvalue weighted by molar-refractivity contribution is 0.970. The fraction of sp³-hybridized carbons (Fsp3) is 0.158. The van der Waals surface area contributed by atoms with Crippen molar-refractivity contribution in [2.45, 2.75) is 13.8 Å². The van der Waals surface area contributed by atoms with Crippen LogP contribution in [-0.4, -0.2) is 14.5 Å². The van der Waals surface area contributed by atoms with Gasteiger partial charge in [0, 0.05) is 35.8 Å². The van der Waals surface area contributed by atoms with Crippen LogP contribution in [-0.2, 0) is 7.05 Å². The van der Waals surface area contributed by atoms with Crippen LogP contribution in [0.25, 0.3) is 32.9 Å². The molecule has 0 spiro atoms. The van der Waals surface area contributed by atoms with Crippen molar-refractivity contribution < 1.29 is 0 Å². The van der Waals surface area contributed by atoms with E-state index in [1.807, 2.05) is 6.20 Å². The van der Waals surface area contributed by atoms with Crippen LogP contribution in [0.15, 0.2) is 49.1 Å². The van der Waals surface area contributed by atoms with Crippen molar-refractivity contribution in [2.75, 3.05) is 0 Å². The number of aromatic nitrogens is 3. The van der Waals surface area contributed by atoms with E-state index in [0.29, 0.717) is 0 Å². The van der Waals surface area contributed by atoms with Gasteiger partial charge in [0.25, 0.3) is 0 Å². The van der Waals surface area contributed by atoms with Gasteiger partial charge in [-0.1, -0.05) is 23.8 Å². The fourth-order valence-electron chi connectivity index (χ4n) is 3.18. The highest BCUT2D eigenvalue weighted by molar-refractivity contribution is 6.11. The van der Waals surface area contributed by atoms with Gasteiger partial charge in [-0.05, 0) is 37.1 Å². The van der Waals surface area contributed by atoms with Crippen LogP contribution >= 0.6 is 0 Å². The van der Waals surface area contributed by atoms with Crippen molar-refractivity contribution in [1.82, 2.24) is 14.5 Å². The molecule has 0 aliphatic heterocycles. The maximum Gasteiger partial charge on any atom is 0.116 e. The van der Waals surface area contributed by atoms with Crippen LogP contribution in [0.4, 0.5) is 0 Å². The predicted molar refractivity (Wildman–Crippen MR) is 90.9 cm³/mol. The van der Waals surface area contributed by atoms with Crippen LogP contribution in [0, 0.1) is 13.8 Å². The normalized spacial score (nSPS) is 11.4. The van der Waals surface area contributed by atoms with Crippen LogP contribution in [0.2, 0.25) is 0 Å². The Kier molecular flexibility index (Phi) is 2.76. The minimum Gasteiger partial charge on any atom is -0.350 e. The third-order valence-electron chi connectivity index (χ3n) is 4.33. The first-order valence-electron chi connectivity index (χ1n) is 7.40. The molecule has 4 rings (SSSR count). The second-order valence-corrected chi connectivity index (χ2v) is 5.89. The Bertz CT molecular complexity index is 1010. The van der Waals surface area contributed by atoms with Crippen molar-refractivity contribution in [3.8, 4) is 11.1 Å². The molecule has 0 N–H and O–H groups in total. The van der Waals surface area contributed by atoms with Gasteiger partial charge in [-0.15, -0.1) is 0 Å².